The summed E-state index contributed by atoms with van der Waals surface area (Å²) in [5.41, 5.74) is 0.171. The lowest BCUT2D eigenvalue weighted by Crippen LogP contribution is -2.52. The summed E-state index contributed by atoms with van der Waals surface area (Å²) < 4.78 is 10.7. The number of morpholine rings is 1. The number of methoxy groups -OCH3 is 1. The van der Waals surface area contributed by atoms with Crippen LogP contribution in [0.4, 0.5) is 0 Å². The van der Waals surface area contributed by atoms with E-state index in [4.69, 9.17) is 9.47 Å². The number of guanidine groups is 1. The number of para-hydroxylation sites is 1. The van der Waals surface area contributed by atoms with Gasteiger partial charge in [-0.15, -0.1) is 24.0 Å². The zero-order chi connectivity index (χ0) is 18.8. The van der Waals surface area contributed by atoms with Gasteiger partial charge in [0.15, 0.2) is 5.96 Å². The summed E-state index contributed by atoms with van der Waals surface area (Å²) in [6, 6.07) is 7.85. The summed E-state index contributed by atoms with van der Waals surface area (Å²) in [6.45, 7) is 9.33. The van der Waals surface area contributed by atoms with Crippen LogP contribution in [0.3, 0.4) is 0 Å². The number of aliphatic hydroxyl groups is 1. The third-order valence-corrected chi connectivity index (χ3v) is 4.25. The average molecular weight is 492 g/mol. The molecule has 1 heterocycles. The van der Waals surface area contributed by atoms with Crippen molar-refractivity contribution in [2.75, 3.05) is 53.0 Å². The minimum Gasteiger partial charge on any atom is -0.496 e. The summed E-state index contributed by atoms with van der Waals surface area (Å²) in [4.78, 5) is 6.84. The van der Waals surface area contributed by atoms with Crippen molar-refractivity contribution in [3.8, 4) is 5.75 Å². The molecule has 0 amide bonds. The van der Waals surface area contributed by atoms with Crippen LogP contribution in [0.25, 0.3) is 0 Å². The predicted molar refractivity (Wildman–Crippen MR) is 119 cm³/mol. The van der Waals surface area contributed by atoms with Crippen LogP contribution in [0.2, 0.25) is 0 Å². The van der Waals surface area contributed by atoms with Crippen LogP contribution in [-0.2, 0) is 11.3 Å². The van der Waals surface area contributed by atoms with Crippen LogP contribution in [0, 0.1) is 0 Å². The molecule has 1 aliphatic heterocycles. The molecule has 1 fully saturated rings. The van der Waals surface area contributed by atoms with Gasteiger partial charge in [0, 0.05) is 38.3 Å². The number of halogens is 1. The van der Waals surface area contributed by atoms with E-state index in [1.165, 1.54) is 0 Å². The SMILES string of the molecule is CCNC(=NCc1ccccc1OC)NCC(C)(O)CN1CCOCC1.I. The number of benzene rings is 1. The Morgan fingerprint density at radius 1 is 1.30 bits per heavy atom. The van der Waals surface area contributed by atoms with E-state index in [0.29, 0.717) is 25.6 Å². The van der Waals surface area contributed by atoms with Crippen LogP contribution >= 0.6 is 24.0 Å². The van der Waals surface area contributed by atoms with Gasteiger partial charge in [-0.25, -0.2) is 4.99 Å². The van der Waals surface area contributed by atoms with Gasteiger partial charge in [-0.05, 0) is 19.9 Å². The minimum atomic E-state index is -0.849. The fourth-order valence-corrected chi connectivity index (χ4v) is 2.91. The average Bonchev–Trinajstić information content (AvgIpc) is 2.64. The maximum absolute atomic E-state index is 10.7. The lowest BCUT2D eigenvalue weighted by atomic mass is 10.1. The first-order chi connectivity index (χ1) is 12.5. The smallest absolute Gasteiger partial charge is 0.191 e. The molecule has 1 aliphatic rings. The Labute approximate surface area is 179 Å². The second-order valence-corrected chi connectivity index (χ2v) is 6.75. The molecule has 1 saturated heterocycles. The molecule has 0 saturated carbocycles. The number of nitrogens with zero attached hydrogens (tertiary/aromatic N) is 2. The molecule has 27 heavy (non-hydrogen) atoms. The molecule has 154 valence electrons. The molecule has 0 spiro atoms. The summed E-state index contributed by atoms with van der Waals surface area (Å²) in [5, 5.41) is 17.2. The zero-order valence-electron chi connectivity index (χ0n) is 16.5. The van der Waals surface area contributed by atoms with Gasteiger partial charge >= 0.3 is 0 Å². The van der Waals surface area contributed by atoms with Gasteiger partial charge in [-0.3, -0.25) is 4.90 Å². The Kier molecular flexibility index (Phi) is 11.0. The monoisotopic (exact) mass is 492 g/mol. The molecule has 1 aromatic carbocycles. The Hall–Kier alpha value is -1.10. The second kappa shape index (κ2) is 12.4. The van der Waals surface area contributed by atoms with Crippen molar-refractivity contribution in [1.29, 1.82) is 0 Å². The van der Waals surface area contributed by atoms with Crippen molar-refractivity contribution in [2.45, 2.75) is 26.0 Å². The Balaban J connectivity index is 0.00000364. The number of rotatable bonds is 8. The molecule has 7 nitrogen and oxygen atoms in total. The summed E-state index contributed by atoms with van der Waals surface area (Å²) >= 11 is 0. The third-order valence-electron chi connectivity index (χ3n) is 4.25. The van der Waals surface area contributed by atoms with Crippen molar-refractivity contribution in [3.63, 3.8) is 0 Å². The van der Waals surface area contributed by atoms with E-state index in [1.54, 1.807) is 7.11 Å². The highest BCUT2D eigenvalue weighted by molar-refractivity contribution is 14.0. The van der Waals surface area contributed by atoms with Gasteiger partial charge in [0.1, 0.15) is 5.75 Å². The van der Waals surface area contributed by atoms with Crippen molar-refractivity contribution in [1.82, 2.24) is 15.5 Å². The fourth-order valence-electron chi connectivity index (χ4n) is 2.91. The Bertz CT molecular complexity index is 578. The molecule has 2 rings (SSSR count). The highest BCUT2D eigenvalue weighted by Crippen LogP contribution is 2.17. The molecular weight excluding hydrogens is 459 g/mol. The van der Waals surface area contributed by atoms with Crippen molar-refractivity contribution in [2.24, 2.45) is 4.99 Å². The van der Waals surface area contributed by atoms with Crippen molar-refractivity contribution >= 4 is 29.9 Å². The van der Waals surface area contributed by atoms with E-state index in [2.05, 4.69) is 20.5 Å². The lowest BCUT2D eigenvalue weighted by molar-refractivity contribution is -0.0201. The van der Waals surface area contributed by atoms with Crippen LogP contribution in [0.15, 0.2) is 29.3 Å². The highest BCUT2D eigenvalue weighted by atomic mass is 127. The second-order valence-electron chi connectivity index (χ2n) is 6.75. The van der Waals surface area contributed by atoms with E-state index in [-0.39, 0.29) is 24.0 Å². The number of β-amino-alcohol motifs (C(OH)–C–C–N with tert-alkyl or cyclic N) is 1. The van der Waals surface area contributed by atoms with Gasteiger partial charge in [0.05, 0.1) is 32.5 Å². The van der Waals surface area contributed by atoms with Gasteiger partial charge in [-0.1, -0.05) is 18.2 Å². The van der Waals surface area contributed by atoms with Gasteiger partial charge < -0.3 is 25.2 Å². The van der Waals surface area contributed by atoms with Crippen LogP contribution in [-0.4, -0.2) is 74.6 Å². The quantitative estimate of drug-likeness (QED) is 0.290. The zero-order valence-corrected chi connectivity index (χ0v) is 18.9. The largest absolute Gasteiger partial charge is 0.496 e. The number of ether oxygens (including phenoxy) is 2. The molecule has 8 heteroatoms. The van der Waals surface area contributed by atoms with E-state index < -0.39 is 5.60 Å². The standard InChI is InChI=1S/C19H32N4O3.HI/c1-4-20-18(21-13-16-7-5-6-8-17(16)25-3)22-14-19(2,24)15-23-9-11-26-12-10-23;/h5-8,24H,4,9-15H2,1-3H3,(H2,20,21,22);1H. The van der Waals surface area contributed by atoms with Crippen LogP contribution in [0.1, 0.15) is 19.4 Å². The summed E-state index contributed by atoms with van der Waals surface area (Å²) in [7, 11) is 1.66. The Morgan fingerprint density at radius 3 is 2.67 bits per heavy atom. The molecule has 0 aromatic heterocycles. The van der Waals surface area contributed by atoms with Gasteiger partial charge in [-0.2, -0.15) is 0 Å². The number of nitrogens with one attached hydrogen (secondary N) is 2. The van der Waals surface area contributed by atoms with E-state index in [1.807, 2.05) is 38.1 Å². The molecule has 0 bridgehead atoms. The fraction of sp³-hybridized carbons (Fsp3) is 0.632. The maximum atomic E-state index is 10.7. The predicted octanol–water partition coefficient (Wildman–Crippen LogP) is 1.45. The van der Waals surface area contributed by atoms with E-state index in [0.717, 1.165) is 44.2 Å². The molecule has 0 radical (unpaired) electrons. The maximum Gasteiger partial charge on any atom is 0.191 e. The first-order valence-corrected chi connectivity index (χ1v) is 9.20. The topological polar surface area (TPSA) is 78.4 Å². The first-order valence-electron chi connectivity index (χ1n) is 9.20. The minimum absolute atomic E-state index is 0. The molecule has 1 atom stereocenters. The summed E-state index contributed by atoms with van der Waals surface area (Å²) in [6.07, 6.45) is 0. The van der Waals surface area contributed by atoms with E-state index >= 15 is 0 Å². The third kappa shape index (κ3) is 8.63. The Morgan fingerprint density at radius 2 is 2.00 bits per heavy atom. The molecule has 3 N–H and O–H groups in total. The summed E-state index contributed by atoms with van der Waals surface area (Å²) in [5.74, 6) is 1.51. The van der Waals surface area contributed by atoms with Gasteiger partial charge in [0.2, 0.25) is 0 Å². The highest BCUT2D eigenvalue weighted by Gasteiger charge is 2.25. The van der Waals surface area contributed by atoms with Crippen molar-refractivity contribution < 1.29 is 14.6 Å². The number of hydrogen-bond donors (Lipinski definition) is 3. The molecule has 0 aliphatic carbocycles. The number of hydrogen-bond acceptors (Lipinski definition) is 5. The first kappa shape index (κ1) is 23.9. The van der Waals surface area contributed by atoms with E-state index in [9.17, 15) is 5.11 Å². The van der Waals surface area contributed by atoms with Crippen molar-refractivity contribution in [3.05, 3.63) is 29.8 Å². The van der Waals surface area contributed by atoms with Crippen LogP contribution in [0.5, 0.6) is 5.75 Å². The lowest BCUT2D eigenvalue weighted by Gasteiger charge is -2.34. The number of aliphatic imine (C=N–C) groups is 1. The van der Waals surface area contributed by atoms with Crippen LogP contribution < -0.4 is 15.4 Å². The van der Waals surface area contributed by atoms with Gasteiger partial charge in [0.25, 0.3) is 0 Å². The molecular formula is C19H33IN4O3. The normalized spacial score (nSPS) is 17.6. The molecule has 1 aromatic rings. The molecule has 1 unspecified atom stereocenters.